The molecule has 2 aromatic heterocycles. The molecular weight excluding hydrogens is 441 g/mol. The number of sulfone groups is 1. The van der Waals surface area contributed by atoms with Gasteiger partial charge in [0.05, 0.1) is 34.5 Å². The number of hydrogen-bond donors (Lipinski definition) is 1. The Kier molecular flexibility index (Phi) is 5.09. The molecule has 1 N–H and O–H groups in total. The molecule has 0 radical (unpaired) electrons. The van der Waals surface area contributed by atoms with Crippen molar-refractivity contribution < 1.29 is 13.2 Å². The van der Waals surface area contributed by atoms with Gasteiger partial charge in [-0.3, -0.25) is 14.2 Å². The van der Waals surface area contributed by atoms with E-state index in [1.54, 1.807) is 12.1 Å². The maximum atomic E-state index is 12.7. The number of aromatic nitrogens is 4. The molecule has 152 valence electrons. The second kappa shape index (κ2) is 7.43. The van der Waals surface area contributed by atoms with Crippen LogP contribution in [0.15, 0.2) is 35.5 Å². The lowest BCUT2D eigenvalue weighted by atomic mass is 10.3. The largest absolute Gasteiger partial charge is 0.323 e. The van der Waals surface area contributed by atoms with Crippen LogP contribution in [-0.4, -0.2) is 45.2 Å². The van der Waals surface area contributed by atoms with Crippen molar-refractivity contribution in [2.24, 2.45) is 0 Å². The van der Waals surface area contributed by atoms with E-state index in [9.17, 15) is 18.0 Å². The van der Waals surface area contributed by atoms with Crippen LogP contribution in [-0.2, 0) is 21.2 Å². The molecule has 0 spiro atoms. The van der Waals surface area contributed by atoms with E-state index >= 15 is 0 Å². The van der Waals surface area contributed by atoms with Gasteiger partial charge in [0.2, 0.25) is 5.91 Å². The predicted octanol–water partition coefficient (Wildman–Crippen LogP) is 1.90. The summed E-state index contributed by atoms with van der Waals surface area (Å²) in [5.41, 5.74) is 0.183. The monoisotopic (exact) mass is 455 g/mol. The van der Waals surface area contributed by atoms with Crippen molar-refractivity contribution in [3.63, 3.8) is 0 Å². The lowest BCUT2D eigenvalue weighted by Crippen LogP contribution is -2.28. The first kappa shape index (κ1) is 19.9. The van der Waals surface area contributed by atoms with E-state index in [0.717, 1.165) is 4.57 Å². The molecule has 3 heterocycles. The number of amides is 1. The number of carbonyl (C=O) groups excluding carboxylic acids is 1. The zero-order chi connectivity index (χ0) is 20.8. The number of hydrogen-bond acceptors (Lipinski definition) is 6. The number of benzene rings is 1. The van der Waals surface area contributed by atoms with Gasteiger partial charge in [0.15, 0.2) is 15.5 Å². The molecule has 12 heteroatoms. The van der Waals surface area contributed by atoms with Crippen LogP contribution >= 0.6 is 23.2 Å². The third kappa shape index (κ3) is 4.00. The van der Waals surface area contributed by atoms with Gasteiger partial charge in [0.1, 0.15) is 18.3 Å². The maximum Gasteiger partial charge on any atom is 0.264 e. The number of halogens is 2. The summed E-state index contributed by atoms with van der Waals surface area (Å²) in [5, 5.41) is 7.70. The summed E-state index contributed by atoms with van der Waals surface area (Å²) < 4.78 is 26.1. The van der Waals surface area contributed by atoms with E-state index < -0.39 is 21.3 Å². The lowest BCUT2D eigenvalue weighted by Gasteiger charge is -2.11. The van der Waals surface area contributed by atoms with Crippen molar-refractivity contribution in [2.75, 3.05) is 16.8 Å². The van der Waals surface area contributed by atoms with Gasteiger partial charge in [-0.15, -0.1) is 0 Å². The Morgan fingerprint density at radius 2 is 2.10 bits per heavy atom. The minimum atomic E-state index is -3.11. The van der Waals surface area contributed by atoms with Crippen molar-refractivity contribution in [3.8, 4) is 0 Å². The third-order valence-electron chi connectivity index (χ3n) is 4.65. The number of carbonyl (C=O) groups is 1. The van der Waals surface area contributed by atoms with E-state index in [-0.39, 0.29) is 29.5 Å². The van der Waals surface area contributed by atoms with Crippen molar-refractivity contribution in [2.45, 2.75) is 19.0 Å². The zero-order valence-electron chi connectivity index (χ0n) is 14.9. The number of fused-ring (bicyclic) bond motifs is 1. The van der Waals surface area contributed by atoms with Gasteiger partial charge in [0, 0.05) is 5.02 Å². The molecule has 0 aliphatic carbocycles. The van der Waals surface area contributed by atoms with Gasteiger partial charge >= 0.3 is 0 Å². The molecule has 1 fully saturated rings. The van der Waals surface area contributed by atoms with Gasteiger partial charge in [0.25, 0.3) is 5.56 Å². The van der Waals surface area contributed by atoms with E-state index in [1.165, 1.54) is 23.3 Å². The normalized spacial score (nSPS) is 18.2. The van der Waals surface area contributed by atoms with Crippen LogP contribution in [0.5, 0.6) is 0 Å². The Balaban J connectivity index is 1.58. The SMILES string of the molecule is O=C(Cn1cnc2c(cnn2C2CCS(=O)(=O)C2)c1=O)Nc1cc(Cl)ccc1Cl. The number of nitrogens with zero attached hydrogens (tertiary/aromatic N) is 4. The summed E-state index contributed by atoms with van der Waals surface area (Å²) in [6, 6.07) is 4.30. The van der Waals surface area contributed by atoms with Crippen LogP contribution in [0, 0.1) is 0 Å². The van der Waals surface area contributed by atoms with E-state index in [2.05, 4.69) is 15.4 Å². The molecule has 29 heavy (non-hydrogen) atoms. The molecule has 1 aromatic carbocycles. The minimum absolute atomic E-state index is 0.0304. The Morgan fingerprint density at radius 3 is 2.83 bits per heavy atom. The van der Waals surface area contributed by atoms with Crippen LogP contribution in [0.3, 0.4) is 0 Å². The van der Waals surface area contributed by atoms with E-state index in [4.69, 9.17) is 23.2 Å². The molecule has 1 amide bonds. The maximum absolute atomic E-state index is 12.7. The molecule has 1 atom stereocenters. The van der Waals surface area contributed by atoms with Gasteiger partial charge in [-0.25, -0.2) is 18.1 Å². The second-order valence-corrected chi connectivity index (χ2v) is 9.81. The molecule has 1 aliphatic rings. The standard InChI is InChI=1S/C17H15Cl2N5O4S/c18-10-1-2-13(19)14(5-10)22-15(25)7-23-9-20-16-12(17(23)26)6-21-24(16)11-3-4-29(27,28)8-11/h1-2,5-6,9,11H,3-4,7-8H2,(H,22,25). The highest BCUT2D eigenvalue weighted by molar-refractivity contribution is 7.91. The summed E-state index contributed by atoms with van der Waals surface area (Å²) in [5.74, 6) is -0.425. The van der Waals surface area contributed by atoms with Gasteiger partial charge in [-0.05, 0) is 24.6 Å². The average molecular weight is 456 g/mol. The summed E-state index contributed by atoms with van der Waals surface area (Å²) in [6.45, 7) is -0.284. The fraction of sp³-hybridized carbons (Fsp3) is 0.294. The quantitative estimate of drug-likeness (QED) is 0.641. The summed E-state index contributed by atoms with van der Waals surface area (Å²) in [4.78, 5) is 29.3. The Hall–Kier alpha value is -2.43. The molecule has 1 saturated heterocycles. The fourth-order valence-electron chi connectivity index (χ4n) is 3.25. The molecule has 4 rings (SSSR count). The molecule has 1 unspecified atom stereocenters. The summed E-state index contributed by atoms with van der Waals surface area (Å²) in [6.07, 6.45) is 3.01. The lowest BCUT2D eigenvalue weighted by molar-refractivity contribution is -0.116. The first-order chi connectivity index (χ1) is 13.7. The molecular formula is C17H15Cl2N5O4S. The van der Waals surface area contributed by atoms with Gasteiger partial charge in [-0.1, -0.05) is 23.2 Å². The average Bonchev–Trinajstić information content (AvgIpc) is 3.24. The Labute approximate surface area is 175 Å². The van der Waals surface area contributed by atoms with E-state index in [1.807, 2.05) is 0 Å². The smallest absolute Gasteiger partial charge is 0.264 e. The molecule has 1 aliphatic heterocycles. The van der Waals surface area contributed by atoms with Crippen LogP contribution in [0.25, 0.3) is 11.0 Å². The first-order valence-electron chi connectivity index (χ1n) is 8.61. The zero-order valence-corrected chi connectivity index (χ0v) is 17.2. The van der Waals surface area contributed by atoms with Gasteiger partial charge in [-0.2, -0.15) is 5.10 Å². The topological polar surface area (TPSA) is 116 Å². The highest BCUT2D eigenvalue weighted by Gasteiger charge is 2.31. The van der Waals surface area contributed by atoms with Crippen LogP contribution in [0.4, 0.5) is 5.69 Å². The predicted molar refractivity (Wildman–Crippen MR) is 109 cm³/mol. The van der Waals surface area contributed by atoms with Crippen molar-refractivity contribution in [1.82, 2.24) is 19.3 Å². The fourth-order valence-corrected chi connectivity index (χ4v) is 5.28. The number of anilines is 1. The number of rotatable bonds is 4. The Morgan fingerprint density at radius 1 is 1.31 bits per heavy atom. The molecule has 0 saturated carbocycles. The summed E-state index contributed by atoms with van der Waals surface area (Å²) in [7, 11) is -3.11. The highest BCUT2D eigenvalue weighted by Crippen LogP contribution is 2.26. The number of nitrogens with one attached hydrogen (secondary N) is 1. The van der Waals surface area contributed by atoms with Crippen LogP contribution < -0.4 is 10.9 Å². The Bertz CT molecular complexity index is 1280. The van der Waals surface area contributed by atoms with Crippen molar-refractivity contribution in [3.05, 3.63) is 51.1 Å². The molecule has 9 nitrogen and oxygen atoms in total. The third-order valence-corrected chi connectivity index (χ3v) is 6.97. The first-order valence-corrected chi connectivity index (χ1v) is 11.2. The van der Waals surface area contributed by atoms with Crippen molar-refractivity contribution >= 4 is 55.7 Å². The van der Waals surface area contributed by atoms with Crippen molar-refractivity contribution in [1.29, 1.82) is 0 Å². The second-order valence-electron chi connectivity index (χ2n) is 6.73. The van der Waals surface area contributed by atoms with Gasteiger partial charge < -0.3 is 5.32 Å². The highest BCUT2D eigenvalue weighted by atomic mass is 35.5. The minimum Gasteiger partial charge on any atom is -0.323 e. The van der Waals surface area contributed by atoms with Crippen LogP contribution in [0.2, 0.25) is 10.0 Å². The van der Waals surface area contributed by atoms with Crippen LogP contribution in [0.1, 0.15) is 12.5 Å². The molecule has 0 bridgehead atoms. The summed E-state index contributed by atoms with van der Waals surface area (Å²) >= 11 is 11.9. The van der Waals surface area contributed by atoms with E-state index in [0.29, 0.717) is 27.8 Å². The molecule has 3 aromatic rings.